The molecule has 1 rings (SSSR count). The number of thiazole rings is 1. The Kier molecular flexibility index (Phi) is 5.26. The largest absolute Gasteiger partial charge is 0.314 e. The topological polar surface area (TPSA) is 24.9 Å². The van der Waals surface area contributed by atoms with Gasteiger partial charge in [0.15, 0.2) is 0 Å². The number of aryl methyl sites for hydroxylation is 1. The summed E-state index contributed by atoms with van der Waals surface area (Å²) in [5.41, 5.74) is 1.24. The zero-order valence-electron chi connectivity index (χ0n) is 10.2. The van der Waals surface area contributed by atoms with Gasteiger partial charge < -0.3 is 5.32 Å². The van der Waals surface area contributed by atoms with Crippen LogP contribution in [0.5, 0.6) is 0 Å². The normalized spacial score (nSPS) is 13.4. The van der Waals surface area contributed by atoms with E-state index in [1.54, 1.807) is 11.3 Å². The average Bonchev–Trinajstić information content (AvgIpc) is 2.65. The minimum absolute atomic E-state index is 0.592. The summed E-state index contributed by atoms with van der Waals surface area (Å²) in [6, 6.07) is 0.592. The van der Waals surface area contributed by atoms with E-state index in [0.29, 0.717) is 12.0 Å². The summed E-state index contributed by atoms with van der Waals surface area (Å²) in [6.45, 7) is 9.92. The third-order valence-electron chi connectivity index (χ3n) is 2.75. The number of rotatable bonds is 6. The Bertz CT molecular complexity index is 281. The van der Waals surface area contributed by atoms with Gasteiger partial charge in [0, 0.05) is 24.4 Å². The molecular formula is C12H22N2S. The molecular weight excluding hydrogens is 204 g/mol. The zero-order chi connectivity index (χ0) is 11.3. The lowest BCUT2D eigenvalue weighted by Crippen LogP contribution is -2.32. The van der Waals surface area contributed by atoms with Crippen LogP contribution in [0, 0.1) is 5.92 Å². The molecule has 0 aliphatic heterocycles. The maximum absolute atomic E-state index is 4.55. The molecule has 86 valence electrons. The van der Waals surface area contributed by atoms with Gasteiger partial charge in [-0.15, -0.1) is 11.3 Å². The van der Waals surface area contributed by atoms with Crippen LogP contribution in [0.2, 0.25) is 0 Å². The maximum atomic E-state index is 4.55. The van der Waals surface area contributed by atoms with Crippen LogP contribution in [0.3, 0.4) is 0 Å². The molecule has 1 aromatic heterocycles. The van der Waals surface area contributed by atoms with Crippen LogP contribution in [0.1, 0.15) is 38.4 Å². The number of aromatic nitrogens is 1. The second kappa shape index (κ2) is 6.23. The van der Waals surface area contributed by atoms with Gasteiger partial charge in [-0.25, -0.2) is 4.98 Å². The van der Waals surface area contributed by atoms with E-state index in [9.17, 15) is 0 Å². The molecule has 1 N–H and O–H groups in total. The van der Waals surface area contributed by atoms with Crippen LogP contribution >= 0.6 is 11.3 Å². The summed E-state index contributed by atoms with van der Waals surface area (Å²) >= 11 is 1.78. The van der Waals surface area contributed by atoms with Gasteiger partial charge in [0.25, 0.3) is 0 Å². The molecule has 0 aliphatic carbocycles. The van der Waals surface area contributed by atoms with Gasteiger partial charge in [-0.3, -0.25) is 0 Å². The Morgan fingerprint density at radius 1 is 1.40 bits per heavy atom. The Morgan fingerprint density at radius 3 is 2.67 bits per heavy atom. The van der Waals surface area contributed by atoms with Crippen molar-refractivity contribution in [1.29, 1.82) is 0 Å². The van der Waals surface area contributed by atoms with Crippen LogP contribution in [0.15, 0.2) is 5.38 Å². The zero-order valence-corrected chi connectivity index (χ0v) is 11.0. The van der Waals surface area contributed by atoms with Crippen molar-refractivity contribution in [3.63, 3.8) is 0 Å². The summed E-state index contributed by atoms with van der Waals surface area (Å²) in [6.07, 6.45) is 2.11. The molecule has 0 aliphatic rings. The van der Waals surface area contributed by atoms with E-state index in [-0.39, 0.29) is 0 Å². The molecule has 0 fully saturated rings. The molecule has 1 unspecified atom stereocenters. The van der Waals surface area contributed by atoms with Gasteiger partial charge >= 0.3 is 0 Å². The summed E-state index contributed by atoms with van der Waals surface area (Å²) in [4.78, 5) is 4.55. The monoisotopic (exact) mass is 226 g/mol. The predicted octanol–water partition coefficient (Wildman–Crippen LogP) is 2.88. The summed E-state index contributed by atoms with van der Waals surface area (Å²) in [5, 5.41) is 6.96. The molecule has 0 amide bonds. The third kappa shape index (κ3) is 4.31. The van der Waals surface area contributed by atoms with Crippen LogP contribution in [0.25, 0.3) is 0 Å². The van der Waals surface area contributed by atoms with E-state index in [4.69, 9.17) is 0 Å². The van der Waals surface area contributed by atoms with Crippen molar-refractivity contribution >= 4 is 11.3 Å². The van der Waals surface area contributed by atoms with Gasteiger partial charge in [-0.1, -0.05) is 20.8 Å². The van der Waals surface area contributed by atoms with Crippen molar-refractivity contribution in [1.82, 2.24) is 10.3 Å². The van der Waals surface area contributed by atoms with E-state index >= 15 is 0 Å². The fourth-order valence-corrected chi connectivity index (χ4v) is 2.07. The first-order chi connectivity index (χ1) is 7.13. The lowest BCUT2D eigenvalue weighted by atomic mass is 10.1. The minimum Gasteiger partial charge on any atom is -0.314 e. The molecule has 0 saturated heterocycles. The summed E-state index contributed by atoms with van der Waals surface area (Å²) < 4.78 is 0. The van der Waals surface area contributed by atoms with Crippen molar-refractivity contribution in [3.8, 4) is 0 Å². The molecule has 1 atom stereocenters. The average molecular weight is 226 g/mol. The highest BCUT2D eigenvalue weighted by Gasteiger charge is 2.06. The van der Waals surface area contributed by atoms with Gasteiger partial charge in [-0.2, -0.15) is 0 Å². The number of hydrogen-bond donors (Lipinski definition) is 1. The second-order valence-electron chi connectivity index (χ2n) is 4.32. The first-order valence-electron chi connectivity index (χ1n) is 5.80. The van der Waals surface area contributed by atoms with Crippen molar-refractivity contribution in [2.75, 3.05) is 6.54 Å². The molecule has 0 spiro atoms. The minimum atomic E-state index is 0.592. The smallest absolute Gasteiger partial charge is 0.0925 e. The van der Waals surface area contributed by atoms with Gasteiger partial charge in [0.05, 0.1) is 10.7 Å². The maximum Gasteiger partial charge on any atom is 0.0925 e. The van der Waals surface area contributed by atoms with Crippen molar-refractivity contribution < 1.29 is 0 Å². The molecule has 0 aromatic carbocycles. The van der Waals surface area contributed by atoms with Crippen LogP contribution in [0.4, 0.5) is 0 Å². The first kappa shape index (κ1) is 12.7. The van der Waals surface area contributed by atoms with Crippen molar-refractivity contribution in [2.45, 2.75) is 46.6 Å². The molecule has 2 nitrogen and oxygen atoms in total. The molecule has 0 bridgehead atoms. The molecule has 3 heteroatoms. The van der Waals surface area contributed by atoms with Crippen molar-refractivity contribution in [3.05, 3.63) is 16.1 Å². The quantitative estimate of drug-likeness (QED) is 0.807. The number of nitrogens with one attached hydrogen (secondary N) is 1. The van der Waals surface area contributed by atoms with Crippen molar-refractivity contribution in [2.24, 2.45) is 5.92 Å². The lowest BCUT2D eigenvalue weighted by molar-refractivity contribution is 0.429. The Labute approximate surface area is 97.1 Å². The Morgan fingerprint density at radius 2 is 2.13 bits per heavy atom. The Hall–Kier alpha value is -0.410. The third-order valence-corrected chi connectivity index (χ3v) is 3.79. The van der Waals surface area contributed by atoms with Crippen LogP contribution < -0.4 is 5.32 Å². The molecule has 15 heavy (non-hydrogen) atoms. The summed E-state index contributed by atoms with van der Waals surface area (Å²) in [7, 11) is 0. The van der Waals surface area contributed by atoms with Gasteiger partial charge in [0.1, 0.15) is 0 Å². The SMILES string of the molecule is CCc1nc(CCNC(C)C(C)C)cs1. The van der Waals surface area contributed by atoms with Crippen LogP contribution in [-0.4, -0.2) is 17.6 Å². The number of hydrogen-bond acceptors (Lipinski definition) is 3. The van der Waals surface area contributed by atoms with E-state index in [1.807, 2.05) is 0 Å². The fraction of sp³-hybridized carbons (Fsp3) is 0.750. The Balaban J connectivity index is 2.25. The standard InChI is InChI=1S/C12H22N2S/c1-5-12-14-11(8-15-12)6-7-13-10(4)9(2)3/h8-10,13H,5-7H2,1-4H3. The highest BCUT2D eigenvalue weighted by molar-refractivity contribution is 7.09. The van der Waals surface area contributed by atoms with E-state index in [0.717, 1.165) is 19.4 Å². The molecule has 1 aromatic rings. The van der Waals surface area contributed by atoms with Crippen LogP contribution in [-0.2, 0) is 12.8 Å². The molecule has 1 heterocycles. The molecule has 0 radical (unpaired) electrons. The highest BCUT2D eigenvalue weighted by Crippen LogP contribution is 2.10. The number of nitrogens with zero attached hydrogens (tertiary/aromatic N) is 1. The van der Waals surface area contributed by atoms with E-state index in [2.05, 4.69) is 43.4 Å². The lowest BCUT2D eigenvalue weighted by Gasteiger charge is -2.16. The van der Waals surface area contributed by atoms with Gasteiger partial charge in [0.2, 0.25) is 0 Å². The predicted molar refractivity (Wildman–Crippen MR) is 67.5 cm³/mol. The van der Waals surface area contributed by atoms with E-state index in [1.165, 1.54) is 10.7 Å². The van der Waals surface area contributed by atoms with Gasteiger partial charge in [-0.05, 0) is 19.3 Å². The van der Waals surface area contributed by atoms with E-state index < -0.39 is 0 Å². The first-order valence-corrected chi connectivity index (χ1v) is 6.68. The highest BCUT2D eigenvalue weighted by atomic mass is 32.1. The second-order valence-corrected chi connectivity index (χ2v) is 5.27. The molecule has 0 saturated carbocycles. The fourth-order valence-electron chi connectivity index (χ4n) is 1.29. The summed E-state index contributed by atoms with van der Waals surface area (Å²) in [5.74, 6) is 0.701.